The molecule has 0 amide bonds. The first kappa shape index (κ1) is 11.2. The van der Waals surface area contributed by atoms with Crippen LogP contribution in [-0.2, 0) is 6.54 Å². The molecule has 0 aliphatic rings. The average Bonchev–Trinajstić information content (AvgIpc) is 3.03. The van der Waals surface area contributed by atoms with Gasteiger partial charge < -0.3 is 14.9 Å². The monoisotopic (exact) mass is 261 g/mol. The second-order valence-electron chi connectivity index (χ2n) is 3.68. The first-order chi connectivity index (χ1) is 8.80. The van der Waals surface area contributed by atoms with Gasteiger partial charge in [0.05, 0.1) is 7.11 Å². The van der Waals surface area contributed by atoms with Crippen molar-refractivity contribution >= 4 is 22.4 Å². The molecule has 18 heavy (non-hydrogen) atoms. The molecule has 2 N–H and O–H groups in total. The number of nitrogens with two attached hydrogens (primary N) is 1. The third-order valence-corrected chi connectivity index (χ3v) is 3.41. The lowest BCUT2D eigenvalue weighted by atomic mass is 10.3. The van der Waals surface area contributed by atoms with E-state index in [1.807, 2.05) is 23.6 Å². The van der Waals surface area contributed by atoms with E-state index in [2.05, 4.69) is 9.97 Å². The number of methoxy groups -OCH3 is 1. The zero-order valence-electron chi connectivity index (χ0n) is 9.71. The van der Waals surface area contributed by atoms with Crippen molar-refractivity contribution < 1.29 is 9.15 Å². The maximum absolute atomic E-state index is 5.65. The summed E-state index contributed by atoms with van der Waals surface area (Å²) in [4.78, 5) is 8.74. The Morgan fingerprint density at radius 3 is 3.00 bits per heavy atom. The van der Waals surface area contributed by atoms with Crippen LogP contribution in [0.1, 0.15) is 5.01 Å². The van der Waals surface area contributed by atoms with Crippen LogP contribution in [-0.4, -0.2) is 17.1 Å². The molecular weight excluding hydrogens is 250 g/mol. The van der Waals surface area contributed by atoms with Crippen LogP contribution in [0.3, 0.4) is 0 Å². The molecule has 0 bridgehead atoms. The minimum absolute atomic E-state index is 0.429. The Morgan fingerprint density at radius 2 is 2.28 bits per heavy atom. The standard InChI is InChI=1S/C12H11N3O2S/c1-16-7-2-3-10-8(4-7)15-12(17-10)9-6-18-11(5-13)14-9/h2-4,6H,5,13H2,1H3. The fourth-order valence-corrected chi connectivity index (χ4v) is 2.30. The molecule has 0 saturated carbocycles. The molecule has 0 aliphatic heterocycles. The Kier molecular flexibility index (Phi) is 2.73. The van der Waals surface area contributed by atoms with Gasteiger partial charge in [-0.3, -0.25) is 0 Å². The number of oxazole rings is 1. The SMILES string of the molecule is COc1ccc2oc(-c3csc(CN)n3)nc2c1. The minimum atomic E-state index is 0.429. The van der Waals surface area contributed by atoms with E-state index in [1.165, 1.54) is 11.3 Å². The number of benzene rings is 1. The van der Waals surface area contributed by atoms with Gasteiger partial charge in [0.1, 0.15) is 22.0 Å². The summed E-state index contributed by atoms with van der Waals surface area (Å²) in [5, 5.41) is 2.76. The molecule has 0 spiro atoms. The first-order valence-electron chi connectivity index (χ1n) is 5.39. The molecule has 0 unspecified atom stereocenters. The van der Waals surface area contributed by atoms with E-state index in [4.69, 9.17) is 14.9 Å². The number of aromatic nitrogens is 2. The fraction of sp³-hybridized carbons (Fsp3) is 0.167. The molecule has 3 aromatic rings. The van der Waals surface area contributed by atoms with Gasteiger partial charge in [0.25, 0.3) is 0 Å². The largest absolute Gasteiger partial charge is 0.497 e. The van der Waals surface area contributed by atoms with Gasteiger partial charge in [0, 0.05) is 18.0 Å². The third kappa shape index (κ3) is 1.85. The first-order valence-corrected chi connectivity index (χ1v) is 6.27. The molecule has 6 heteroatoms. The second kappa shape index (κ2) is 4.40. The van der Waals surface area contributed by atoms with Crippen LogP contribution in [0.5, 0.6) is 5.75 Å². The van der Waals surface area contributed by atoms with Crippen LogP contribution in [0.4, 0.5) is 0 Å². The van der Waals surface area contributed by atoms with Gasteiger partial charge >= 0.3 is 0 Å². The number of rotatable bonds is 3. The van der Waals surface area contributed by atoms with Gasteiger partial charge in [-0.1, -0.05) is 0 Å². The Morgan fingerprint density at radius 1 is 1.39 bits per heavy atom. The number of thiazole rings is 1. The van der Waals surface area contributed by atoms with Gasteiger partial charge in [-0.05, 0) is 12.1 Å². The van der Waals surface area contributed by atoms with E-state index in [0.29, 0.717) is 18.0 Å². The van der Waals surface area contributed by atoms with Crippen molar-refractivity contribution in [3.8, 4) is 17.3 Å². The van der Waals surface area contributed by atoms with Crippen LogP contribution >= 0.6 is 11.3 Å². The number of ether oxygens (including phenoxy) is 1. The normalized spacial score (nSPS) is 11.0. The van der Waals surface area contributed by atoms with E-state index >= 15 is 0 Å². The molecule has 2 heterocycles. The molecule has 2 aromatic heterocycles. The van der Waals surface area contributed by atoms with Gasteiger partial charge in [0.2, 0.25) is 5.89 Å². The summed E-state index contributed by atoms with van der Waals surface area (Å²) >= 11 is 1.50. The lowest BCUT2D eigenvalue weighted by Gasteiger charge is -1.95. The molecule has 0 atom stereocenters. The molecule has 0 saturated heterocycles. The Balaban J connectivity index is 2.07. The maximum Gasteiger partial charge on any atom is 0.247 e. The summed E-state index contributed by atoms with van der Waals surface area (Å²) in [6, 6.07) is 5.50. The van der Waals surface area contributed by atoms with Crippen LogP contribution < -0.4 is 10.5 Å². The summed E-state index contributed by atoms with van der Waals surface area (Å²) < 4.78 is 10.8. The number of nitrogens with zero attached hydrogens (tertiary/aromatic N) is 2. The molecule has 0 fully saturated rings. The van der Waals surface area contributed by atoms with E-state index in [1.54, 1.807) is 7.11 Å². The topological polar surface area (TPSA) is 74.2 Å². The van der Waals surface area contributed by atoms with E-state index < -0.39 is 0 Å². The molecule has 0 aliphatic carbocycles. The summed E-state index contributed by atoms with van der Waals surface area (Å²) in [6.07, 6.45) is 0. The van der Waals surface area contributed by atoms with Crippen molar-refractivity contribution in [2.24, 2.45) is 5.73 Å². The molecule has 5 nitrogen and oxygen atoms in total. The predicted molar refractivity (Wildman–Crippen MR) is 69.6 cm³/mol. The van der Waals surface area contributed by atoms with Crippen molar-refractivity contribution in [3.63, 3.8) is 0 Å². The molecule has 92 valence electrons. The predicted octanol–water partition coefficient (Wildman–Crippen LogP) is 2.42. The lowest BCUT2D eigenvalue weighted by molar-refractivity contribution is 0.415. The summed E-state index contributed by atoms with van der Waals surface area (Å²) in [6.45, 7) is 0.429. The van der Waals surface area contributed by atoms with E-state index in [9.17, 15) is 0 Å². The van der Waals surface area contributed by atoms with Crippen LogP contribution in [0.2, 0.25) is 0 Å². The van der Waals surface area contributed by atoms with Gasteiger partial charge in [-0.25, -0.2) is 9.97 Å². The van der Waals surface area contributed by atoms with Gasteiger partial charge in [-0.15, -0.1) is 11.3 Å². The summed E-state index contributed by atoms with van der Waals surface area (Å²) in [5.74, 6) is 1.26. The quantitative estimate of drug-likeness (QED) is 0.783. The van der Waals surface area contributed by atoms with E-state index in [0.717, 1.165) is 22.0 Å². The zero-order chi connectivity index (χ0) is 12.5. The Hall–Kier alpha value is -1.92. The zero-order valence-corrected chi connectivity index (χ0v) is 10.5. The molecular formula is C12H11N3O2S. The highest BCUT2D eigenvalue weighted by molar-refractivity contribution is 7.09. The lowest BCUT2D eigenvalue weighted by Crippen LogP contribution is -1.94. The number of fused-ring (bicyclic) bond motifs is 1. The highest BCUT2D eigenvalue weighted by Gasteiger charge is 2.12. The van der Waals surface area contributed by atoms with Crippen LogP contribution in [0.25, 0.3) is 22.7 Å². The van der Waals surface area contributed by atoms with Crippen molar-refractivity contribution in [3.05, 3.63) is 28.6 Å². The van der Waals surface area contributed by atoms with Gasteiger partial charge in [-0.2, -0.15) is 0 Å². The van der Waals surface area contributed by atoms with Gasteiger partial charge in [0.15, 0.2) is 5.58 Å². The second-order valence-corrected chi connectivity index (χ2v) is 4.63. The molecule has 1 aromatic carbocycles. The highest BCUT2D eigenvalue weighted by Crippen LogP contribution is 2.27. The summed E-state index contributed by atoms with van der Waals surface area (Å²) in [5.41, 5.74) is 7.72. The van der Waals surface area contributed by atoms with Crippen LogP contribution in [0.15, 0.2) is 28.0 Å². The maximum atomic E-state index is 5.65. The average molecular weight is 261 g/mol. The van der Waals surface area contributed by atoms with Crippen molar-refractivity contribution in [2.45, 2.75) is 6.54 Å². The fourth-order valence-electron chi connectivity index (χ4n) is 1.65. The minimum Gasteiger partial charge on any atom is -0.497 e. The number of hydrogen-bond acceptors (Lipinski definition) is 6. The van der Waals surface area contributed by atoms with E-state index in [-0.39, 0.29) is 0 Å². The summed E-state index contributed by atoms with van der Waals surface area (Å²) in [7, 11) is 1.62. The van der Waals surface area contributed by atoms with Crippen molar-refractivity contribution in [1.29, 1.82) is 0 Å². The highest BCUT2D eigenvalue weighted by atomic mass is 32.1. The van der Waals surface area contributed by atoms with Crippen molar-refractivity contribution in [2.75, 3.05) is 7.11 Å². The third-order valence-electron chi connectivity index (χ3n) is 2.54. The number of hydrogen-bond donors (Lipinski definition) is 1. The van der Waals surface area contributed by atoms with Crippen molar-refractivity contribution in [1.82, 2.24) is 9.97 Å². The smallest absolute Gasteiger partial charge is 0.247 e. The molecule has 3 rings (SSSR count). The Labute approximate surface area is 107 Å². The van der Waals surface area contributed by atoms with Crippen LogP contribution in [0, 0.1) is 0 Å². The molecule has 0 radical (unpaired) electrons. The Bertz CT molecular complexity index is 690.